The minimum Gasteiger partial charge on any atom is -0.587 e. The van der Waals surface area contributed by atoms with Gasteiger partial charge in [0, 0.05) is 37.0 Å². The van der Waals surface area contributed by atoms with Gasteiger partial charge in [-0.25, -0.2) is 14.5 Å². The Morgan fingerprint density at radius 1 is 1.12 bits per heavy atom. The molecule has 1 aliphatic carbocycles. The Morgan fingerprint density at radius 3 is 2.51 bits per heavy atom. The highest BCUT2D eigenvalue weighted by molar-refractivity contribution is 7.90. The summed E-state index contributed by atoms with van der Waals surface area (Å²) in [7, 11) is 0. The van der Waals surface area contributed by atoms with Crippen LogP contribution in [0.5, 0.6) is 5.88 Å². The summed E-state index contributed by atoms with van der Waals surface area (Å²) in [6, 6.07) is 9.21. The topological polar surface area (TPSA) is 147 Å². The first-order chi connectivity index (χ1) is 22.9. The van der Waals surface area contributed by atoms with Crippen molar-refractivity contribution in [3.8, 4) is 11.7 Å². The number of pyridine rings is 2. The summed E-state index contributed by atoms with van der Waals surface area (Å²) in [5.74, 6) is 0.169. The van der Waals surface area contributed by atoms with Gasteiger partial charge < -0.3 is 24.2 Å². The van der Waals surface area contributed by atoms with Gasteiger partial charge in [0.05, 0.1) is 17.6 Å². The van der Waals surface area contributed by atoms with E-state index in [9.17, 15) is 27.3 Å². The number of carbonyl (C=O) groups excluding carboxylic acids is 2. The Bertz CT molecular complexity index is 1680. The van der Waals surface area contributed by atoms with E-state index >= 15 is 0 Å². The van der Waals surface area contributed by atoms with Crippen molar-refractivity contribution in [2.75, 3.05) is 25.0 Å². The Balaban J connectivity index is 1.13. The molecule has 17 heteroatoms. The van der Waals surface area contributed by atoms with Crippen LogP contribution in [-0.4, -0.2) is 78.2 Å². The predicted octanol–water partition coefficient (Wildman–Crippen LogP) is 6.33. The first-order valence-corrected chi connectivity index (χ1v) is 17.3. The number of likely N-dealkylation sites (tertiary alicyclic amines) is 1. The van der Waals surface area contributed by atoms with Crippen molar-refractivity contribution in [1.82, 2.24) is 29.4 Å². The number of halogens is 4. The molecule has 2 fully saturated rings. The van der Waals surface area contributed by atoms with Gasteiger partial charge in [-0.05, 0) is 84.4 Å². The lowest BCUT2D eigenvalue weighted by atomic mass is 9.96. The number of nitrogens with zero attached hydrogens (tertiary/aromatic N) is 5. The van der Waals surface area contributed by atoms with Crippen molar-refractivity contribution in [1.29, 1.82) is 0 Å². The molecule has 2 aliphatic rings. The number of alkyl halides is 3. The largest absolute Gasteiger partial charge is 0.587 e. The lowest BCUT2D eigenvalue weighted by Gasteiger charge is -2.33. The van der Waals surface area contributed by atoms with Gasteiger partial charge in [-0.1, -0.05) is 17.7 Å². The fourth-order valence-electron chi connectivity index (χ4n) is 5.63. The quantitative estimate of drug-likeness (QED) is 0.171. The highest BCUT2D eigenvalue weighted by Crippen LogP contribution is 2.59. The van der Waals surface area contributed by atoms with Crippen LogP contribution in [0.2, 0.25) is 5.15 Å². The lowest BCUT2D eigenvalue weighted by molar-refractivity contribution is -0.190. The number of amides is 2. The van der Waals surface area contributed by atoms with Crippen LogP contribution in [0.25, 0.3) is 5.82 Å². The lowest BCUT2D eigenvalue weighted by Crippen LogP contribution is -2.45. The minimum atomic E-state index is -4.25. The summed E-state index contributed by atoms with van der Waals surface area (Å²) >= 11 is 4.26. The molecule has 0 bridgehead atoms. The summed E-state index contributed by atoms with van der Waals surface area (Å²) in [4.78, 5) is 36.0. The summed E-state index contributed by atoms with van der Waals surface area (Å²) in [6.07, 6.45) is -2.32. The molecule has 1 saturated heterocycles. The number of carbonyl (C=O) groups is 2. The molecule has 1 saturated carbocycles. The molecular weight excluding hydrogens is 687 g/mol. The third kappa shape index (κ3) is 8.89. The van der Waals surface area contributed by atoms with E-state index in [1.807, 2.05) is 34.6 Å². The number of ether oxygens (including phenoxy) is 2. The van der Waals surface area contributed by atoms with Crippen LogP contribution in [0.15, 0.2) is 47.6 Å². The average Bonchev–Trinajstić information content (AvgIpc) is 3.55. The highest BCUT2D eigenvalue weighted by Gasteiger charge is 2.62. The fourth-order valence-corrected chi connectivity index (χ4v) is 6.63. The van der Waals surface area contributed by atoms with Crippen molar-refractivity contribution in [2.24, 2.45) is 11.3 Å². The number of hydrogen-bond acceptors (Lipinski definition) is 9. The first-order valence-electron chi connectivity index (χ1n) is 15.7. The zero-order valence-electron chi connectivity index (χ0n) is 27.8. The normalized spacial score (nSPS) is 18.9. The van der Waals surface area contributed by atoms with Gasteiger partial charge in [-0.15, -0.1) is 5.10 Å². The van der Waals surface area contributed by atoms with Crippen LogP contribution >= 0.6 is 11.6 Å². The molecule has 0 aromatic carbocycles. The maximum Gasteiger partial charge on any atom is 0.410 e. The van der Waals surface area contributed by atoms with Gasteiger partial charge in [0.2, 0.25) is 5.88 Å². The van der Waals surface area contributed by atoms with Crippen molar-refractivity contribution in [3.05, 3.63) is 53.3 Å². The zero-order chi connectivity index (χ0) is 35.8. The van der Waals surface area contributed by atoms with E-state index in [2.05, 4.69) is 25.1 Å². The second kappa shape index (κ2) is 13.9. The number of nitrogens with one attached hydrogen (secondary N) is 2. The molecule has 5 rings (SSSR count). The first kappa shape index (κ1) is 36.5. The van der Waals surface area contributed by atoms with Gasteiger partial charge in [0.1, 0.15) is 27.9 Å². The van der Waals surface area contributed by atoms with E-state index in [0.717, 1.165) is 6.42 Å². The Morgan fingerprint density at radius 2 is 1.86 bits per heavy atom. The summed E-state index contributed by atoms with van der Waals surface area (Å²) in [6.45, 7) is 10.4. The molecule has 3 aromatic heterocycles. The van der Waals surface area contributed by atoms with E-state index in [0.29, 0.717) is 18.9 Å². The SMILES string of the molecule is CC(C)(C)OC(=O)N1CC(CNc2cccc([S+]([O-])NC(=O)c3ccc(-n4ccc(OCCC5(C(F)(F)F)CC5)n4)nc3Cl)n2)CC1(C)C. The second-order valence-corrected chi connectivity index (χ2v) is 15.4. The van der Waals surface area contributed by atoms with Gasteiger partial charge in [0.25, 0.3) is 10.9 Å². The van der Waals surface area contributed by atoms with Crippen LogP contribution in [0.3, 0.4) is 0 Å². The Hall–Kier alpha value is -3.76. The molecule has 12 nitrogen and oxygen atoms in total. The van der Waals surface area contributed by atoms with E-state index in [4.69, 9.17) is 21.1 Å². The fraction of sp³-hybridized carbons (Fsp3) is 0.531. The number of aromatic nitrogens is 4. The summed E-state index contributed by atoms with van der Waals surface area (Å²) in [5, 5.41) is 7.33. The number of anilines is 1. The van der Waals surface area contributed by atoms with Crippen molar-refractivity contribution in [2.45, 2.75) is 82.6 Å². The molecule has 2 unspecified atom stereocenters. The smallest absolute Gasteiger partial charge is 0.410 e. The Labute approximate surface area is 290 Å². The second-order valence-electron chi connectivity index (χ2n) is 13.9. The molecule has 266 valence electrons. The average molecular weight is 726 g/mol. The summed E-state index contributed by atoms with van der Waals surface area (Å²) < 4.78 is 67.2. The van der Waals surface area contributed by atoms with E-state index in [-0.39, 0.29) is 70.9 Å². The maximum absolute atomic E-state index is 13.1. The van der Waals surface area contributed by atoms with Crippen LogP contribution in [0.4, 0.5) is 23.8 Å². The van der Waals surface area contributed by atoms with Crippen LogP contribution < -0.4 is 14.8 Å². The molecule has 0 spiro atoms. The van der Waals surface area contributed by atoms with Crippen molar-refractivity contribution in [3.63, 3.8) is 0 Å². The van der Waals surface area contributed by atoms with Gasteiger partial charge in [-0.3, -0.25) is 4.79 Å². The molecule has 2 amide bonds. The monoisotopic (exact) mass is 725 g/mol. The molecule has 4 heterocycles. The van der Waals surface area contributed by atoms with E-state index in [1.54, 1.807) is 17.0 Å². The standard InChI is InChI=1S/C32H39ClF3N7O5S/c1-29(2,3)48-28(45)42-19-20(17-30(42,4)5)18-37-22-7-6-8-25(38-22)49(46)41-27(44)21-9-10-23(39-26(21)33)43-15-11-24(40-43)47-16-14-31(12-13-31)32(34,35)36/h6-11,15,20H,12-14,16-19H2,1-5H3,(H,37,38)(H,41,44). The van der Waals surface area contributed by atoms with Crippen LogP contribution in [0, 0.1) is 11.3 Å². The Kier molecular flexibility index (Phi) is 10.3. The van der Waals surface area contributed by atoms with Crippen LogP contribution in [0.1, 0.15) is 70.7 Å². The molecule has 2 N–H and O–H groups in total. The number of rotatable bonds is 11. The highest BCUT2D eigenvalue weighted by atomic mass is 35.5. The molecule has 1 aliphatic heterocycles. The minimum absolute atomic E-state index is 0.0445. The third-order valence-electron chi connectivity index (χ3n) is 8.41. The summed E-state index contributed by atoms with van der Waals surface area (Å²) in [5.41, 5.74) is -2.69. The van der Waals surface area contributed by atoms with Gasteiger partial charge >= 0.3 is 12.3 Å². The van der Waals surface area contributed by atoms with Crippen molar-refractivity contribution < 1.29 is 36.8 Å². The van der Waals surface area contributed by atoms with Crippen LogP contribution in [-0.2, 0) is 16.1 Å². The molecule has 0 radical (unpaired) electrons. The molecule has 49 heavy (non-hydrogen) atoms. The van der Waals surface area contributed by atoms with E-state index < -0.39 is 34.5 Å². The maximum atomic E-state index is 13.1. The predicted molar refractivity (Wildman–Crippen MR) is 176 cm³/mol. The molecule has 3 aromatic rings. The third-order valence-corrected chi connectivity index (χ3v) is 9.67. The zero-order valence-corrected chi connectivity index (χ0v) is 29.3. The van der Waals surface area contributed by atoms with Gasteiger partial charge in [0.15, 0.2) is 5.82 Å². The molecular formula is C32H39ClF3N7O5S. The van der Waals surface area contributed by atoms with E-state index in [1.165, 1.54) is 35.1 Å². The molecule has 2 atom stereocenters. The number of hydrogen-bond donors (Lipinski definition) is 2. The van der Waals surface area contributed by atoms with Crippen molar-refractivity contribution >= 4 is 40.8 Å². The van der Waals surface area contributed by atoms with Gasteiger partial charge in [-0.2, -0.15) is 22.9 Å².